The highest BCUT2D eigenvalue weighted by Gasteiger charge is 2.36. The molecule has 1 heterocycles. The van der Waals surface area contributed by atoms with Gasteiger partial charge in [-0.15, -0.1) is 0 Å². The molecule has 0 bridgehead atoms. The lowest BCUT2D eigenvalue weighted by Crippen LogP contribution is -2.36. The number of nitrogens with one attached hydrogen (secondary N) is 1. The summed E-state index contributed by atoms with van der Waals surface area (Å²) < 4.78 is 6.97. The molecule has 166 valence electrons. The van der Waals surface area contributed by atoms with Crippen LogP contribution in [-0.2, 0) is 16.2 Å². The zero-order valence-corrected chi connectivity index (χ0v) is 20.3. The molecule has 6 nitrogen and oxygen atoms in total. The molecule has 8 heteroatoms. The monoisotopic (exact) mass is 570 g/mol. The Balaban J connectivity index is 1.44. The first-order valence-corrected chi connectivity index (χ1v) is 12.0. The zero-order valence-electron chi connectivity index (χ0n) is 17.4. The predicted octanol–water partition coefficient (Wildman–Crippen LogP) is 5.55. The molecule has 1 saturated heterocycles. The van der Waals surface area contributed by atoms with E-state index in [1.807, 2.05) is 66.7 Å². The maximum atomic E-state index is 12.8. The van der Waals surface area contributed by atoms with E-state index < -0.39 is 17.1 Å². The number of thioether (sulfide) groups is 1. The van der Waals surface area contributed by atoms with Gasteiger partial charge in [0, 0.05) is 14.8 Å². The summed E-state index contributed by atoms with van der Waals surface area (Å²) in [6.45, 7) is 0.0338. The Kier molecular flexibility index (Phi) is 7.46. The Morgan fingerprint density at radius 1 is 0.970 bits per heavy atom. The first kappa shape index (κ1) is 23.1. The number of carbonyl (C=O) groups is 3. The van der Waals surface area contributed by atoms with Crippen LogP contribution >= 0.6 is 34.4 Å². The summed E-state index contributed by atoms with van der Waals surface area (Å²) in [5.41, 5.74) is 2.31. The number of benzene rings is 3. The molecule has 4 rings (SSSR count). The molecule has 1 aliphatic rings. The molecule has 0 aromatic heterocycles. The molecule has 33 heavy (non-hydrogen) atoms. The summed E-state index contributed by atoms with van der Waals surface area (Å²) in [6, 6.07) is 24.3. The topological polar surface area (TPSA) is 75.7 Å². The zero-order chi connectivity index (χ0) is 23.2. The lowest BCUT2D eigenvalue weighted by molar-refractivity contribution is -0.127. The van der Waals surface area contributed by atoms with Crippen LogP contribution < -0.4 is 10.1 Å². The van der Waals surface area contributed by atoms with Crippen LogP contribution in [0.1, 0.15) is 11.1 Å². The number of hydrogen-bond acceptors (Lipinski definition) is 5. The van der Waals surface area contributed by atoms with Gasteiger partial charge < -0.3 is 10.1 Å². The summed E-state index contributed by atoms with van der Waals surface area (Å²) in [5, 5.41) is 2.23. The molecule has 0 atom stereocenters. The van der Waals surface area contributed by atoms with Crippen molar-refractivity contribution in [2.45, 2.75) is 6.61 Å². The Labute approximate surface area is 209 Å². The van der Waals surface area contributed by atoms with Crippen molar-refractivity contribution < 1.29 is 19.1 Å². The highest BCUT2D eigenvalue weighted by molar-refractivity contribution is 14.1. The van der Waals surface area contributed by atoms with E-state index in [4.69, 9.17) is 4.74 Å². The van der Waals surface area contributed by atoms with Crippen molar-refractivity contribution in [3.8, 4) is 5.75 Å². The van der Waals surface area contributed by atoms with Gasteiger partial charge in [-0.3, -0.25) is 19.3 Å². The van der Waals surface area contributed by atoms with E-state index >= 15 is 0 Å². The Bertz CT molecular complexity index is 1210. The molecule has 1 fully saturated rings. The van der Waals surface area contributed by atoms with Crippen LogP contribution in [0.3, 0.4) is 0 Å². The van der Waals surface area contributed by atoms with Gasteiger partial charge in [0.1, 0.15) is 18.9 Å². The summed E-state index contributed by atoms with van der Waals surface area (Å²) >= 11 is 2.98. The number of para-hydroxylation sites is 1. The van der Waals surface area contributed by atoms with Crippen molar-refractivity contribution >= 4 is 63.2 Å². The molecular weight excluding hydrogens is 551 g/mol. The number of imide groups is 1. The second-order valence-electron chi connectivity index (χ2n) is 7.14. The average molecular weight is 570 g/mol. The Morgan fingerprint density at radius 3 is 2.42 bits per heavy atom. The van der Waals surface area contributed by atoms with Gasteiger partial charge in [0.15, 0.2) is 0 Å². The van der Waals surface area contributed by atoms with Gasteiger partial charge in [0.05, 0.1) is 4.91 Å². The van der Waals surface area contributed by atoms with Crippen LogP contribution in [0.5, 0.6) is 5.75 Å². The standard InChI is InChI=1S/C25H19IN2O4S/c26-19-10-12-20(13-11-19)27-23(29)15-28-24(30)22(33-25(28)31)14-18-8-4-5-9-21(18)32-16-17-6-2-1-3-7-17/h1-14H,15-16H2,(H,27,29)/b22-14+. The van der Waals surface area contributed by atoms with Gasteiger partial charge in [0.2, 0.25) is 5.91 Å². The van der Waals surface area contributed by atoms with Crippen molar-refractivity contribution in [3.63, 3.8) is 0 Å². The Hall–Kier alpha value is -3.11. The van der Waals surface area contributed by atoms with Gasteiger partial charge in [-0.1, -0.05) is 48.5 Å². The van der Waals surface area contributed by atoms with Crippen LogP contribution in [0.2, 0.25) is 0 Å². The molecular formula is C25H19IN2O4S. The van der Waals surface area contributed by atoms with Gasteiger partial charge in [0.25, 0.3) is 11.1 Å². The molecule has 1 N–H and O–H groups in total. The SMILES string of the molecule is O=C(CN1C(=O)S/C(=C/c2ccccc2OCc2ccccc2)C1=O)Nc1ccc(I)cc1. The minimum Gasteiger partial charge on any atom is -0.488 e. The van der Waals surface area contributed by atoms with Crippen LogP contribution in [0.15, 0.2) is 83.8 Å². The first-order valence-electron chi connectivity index (χ1n) is 10.1. The summed E-state index contributed by atoms with van der Waals surface area (Å²) in [4.78, 5) is 38.8. The number of nitrogens with zero attached hydrogens (tertiary/aromatic N) is 1. The van der Waals surface area contributed by atoms with Crippen molar-refractivity contribution in [1.29, 1.82) is 0 Å². The smallest absolute Gasteiger partial charge is 0.294 e. The molecule has 1 aliphatic heterocycles. The van der Waals surface area contributed by atoms with Crippen LogP contribution in [0.4, 0.5) is 10.5 Å². The second kappa shape index (κ2) is 10.7. The van der Waals surface area contributed by atoms with Gasteiger partial charge in [-0.05, 0) is 76.3 Å². The molecule has 0 unspecified atom stereocenters. The Morgan fingerprint density at radius 2 is 1.67 bits per heavy atom. The fourth-order valence-electron chi connectivity index (χ4n) is 3.12. The quantitative estimate of drug-likeness (QED) is 0.298. The fourth-order valence-corrected chi connectivity index (χ4v) is 4.31. The van der Waals surface area contributed by atoms with Crippen LogP contribution in [0, 0.1) is 3.57 Å². The fraction of sp³-hybridized carbons (Fsp3) is 0.0800. The number of halogens is 1. The third-order valence-corrected chi connectivity index (χ3v) is 6.37. The minimum atomic E-state index is -0.499. The molecule has 3 aromatic rings. The lowest BCUT2D eigenvalue weighted by atomic mass is 10.1. The molecule has 3 aromatic carbocycles. The minimum absolute atomic E-state index is 0.248. The molecule has 0 aliphatic carbocycles. The number of amides is 3. The predicted molar refractivity (Wildman–Crippen MR) is 138 cm³/mol. The first-order chi connectivity index (χ1) is 16.0. The third kappa shape index (κ3) is 6.02. The number of anilines is 1. The largest absolute Gasteiger partial charge is 0.488 e. The van der Waals surface area contributed by atoms with Gasteiger partial charge >= 0.3 is 0 Å². The highest BCUT2D eigenvalue weighted by Crippen LogP contribution is 2.34. The van der Waals surface area contributed by atoms with E-state index in [1.165, 1.54) is 0 Å². The van der Waals surface area contributed by atoms with E-state index in [9.17, 15) is 14.4 Å². The molecule has 0 saturated carbocycles. The van der Waals surface area contributed by atoms with E-state index in [0.29, 0.717) is 23.6 Å². The number of rotatable bonds is 7. The molecule has 3 amide bonds. The number of carbonyl (C=O) groups excluding carboxylic acids is 3. The van der Waals surface area contributed by atoms with Crippen molar-refractivity contribution in [1.82, 2.24) is 4.90 Å². The lowest BCUT2D eigenvalue weighted by Gasteiger charge is -2.12. The van der Waals surface area contributed by atoms with E-state index in [-0.39, 0.29) is 11.4 Å². The second-order valence-corrected chi connectivity index (χ2v) is 9.37. The van der Waals surface area contributed by atoms with Crippen molar-refractivity contribution in [2.24, 2.45) is 0 Å². The molecule has 0 radical (unpaired) electrons. The maximum Gasteiger partial charge on any atom is 0.294 e. The van der Waals surface area contributed by atoms with E-state index in [0.717, 1.165) is 25.8 Å². The van der Waals surface area contributed by atoms with Gasteiger partial charge in [-0.25, -0.2) is 0 Å². The van der Waals surface area contributed by atoms with Crippen LogP contribution in [-0.4, -0.2) is 28.5 Å². The van der Waals surface area contributed by atoms with Crippen molar-refractivity contribution in [2.75, 3.05) is 11.9 Å². The number of hydrogen-bond donors (Lipinski definition) is 1. The average Bonchev–Trinajstić information content (AvgIpc) is 3.08. The normalized spacial score (nSPS) is 14.6. The van der Waals surface area contributed by atoms with E-state index in [1.54, 1.807) is 18.2 Å². The van der Waals surface area contributed by atoms with E-state index in [2.05, 4.69) is 27.9 Å². The van der Waals surface area contributed by atoms with Gasteiger partial charge in [-0.2, -0.15) is 0 Å². The summed E-state index contributed by atoms with van der Waals surface area (Å²) in [6.07, 6.45) is 1.63. The number of ether oxygens (including phenoxy) is 1. The molecule has 0 spiro atoms. The summed E-state index contributed by atoms with van der Waals surface area (Å²) in [7, 11) is 0. The third-order valence-electron chi connectivity index (χ3n) is 4.75. The summed E-state index contributed by atoms with van der Waals surface area (Å²) in [5.74, 6) is -0.336. The highest BCUT2D eigenvalue weighted by atomic mass is 127. The maximum absolute atomic E-state index is 12.8. The van der Waals surface area contributed by atoms with Crippen LogP contribution in [0.25, 0.3) is 6.08 Å². The van der Waals surface area contributed by atoms with Crippen molar-refractivity contribution in [3.05, 3.63) is 98.5 Å².